The molecule has 3 nitrogen and oxygen atoms in total. The predicted octanol–water partition coefficient (Wildman–Crippen LogP) is 1.28. The Kier molecular flexibility index (Phi) is 4.51. The molecule has 0 heterocycles. The van der Waals surface area contributed by atoms with Crippen LogP contribution in [0.25, 0.3) is 0 Å². The number of carbonyl (C=O) groups is 1. The van der Waals surface area contributed by atoms with E-state index in [1.54, 1.807) is 19.0 Å². The fraction of sp³-hybridized carbons (Fsp3) is 0.364. The molecule has 0 atom stereocenters. The summed E-state index contributed by atoms with van der Waals surface area (Å²) in [5, 5.41) is 2.41. The quantitative estimate of drug-likeness (QED) is 0.812. The molecule has 0 bridgehead atoms. The van der Waals surface area contributed by atoms with Crippen molar-refractivity contribution in [2.24, 2.45) is 0 Å². The summed E-state index contributed by atoms with van der Waals surface area (Å²) in [6.45, 7) is -0.0268. The van der Waals surface area contributed by atoms with Gasteiger partial charge in [-0.05, 0) is 20.2 Å². The van der Waals surface area contributed by atoms with Crippen LogP contribution in [0.15, 0.2) is 12.1 Å². The number of carbonyl (C=O) groups excluding carboxylic acids is 1. The Morgan fingerprint density at radius 3 is 2.47 bits per heavy atom. The number of hydrogen-bond donors (Lipinski definition) is 1. The number of benzene rings is 1. The van der Waals surface area contributed by atoms with Gasteiger partial charge in [0.1, 0.15) is 0 Å². The molecule has 0 aliphatic carbocycles. The van der Waals surface area contributed by atoms with Gasteiger partial charge in [0.15, 0.2) is 17.5 Å². The highest BCUT2D eigenvalue weighted by Gasteiger charge is 2.13. The highest BCUT2D eigenvalue weighted by Crippen LogP contribution is 2.14. The maximum Gasteiger partial charge on any atom is 0.234 e. The summed E-state index contributed by atoms with van der Waals surface area (Å²) in [7, 11) is 3.41. The summed E-state index contributed by atoms with van der Waals surface area (Å²) < 4.78 is 38.7. The standard InChI is InChI=1S/C11H13F3N2O/c1-16(2)6-9(17)15-5-7-3-4-8(12)11(14)10(7)13/h3-4H,5-6H2,1-2H3,(H,15,17). The van der Waals surface area contributed by atoms with Crippen molar-refractivity contribution in [2.75, 3.05) is 20.6 Å². The number of rotatable bonds is 4. The first-order valence-electron chi connectivity index (χ1n) is 4.95. The zero-order chi connectivity index (χ0) is 13.0. The molecule has 1 N–H and O–H groups in total. The van der Waals surface area contributed by atoms with Crippen LogP contribution in [0.5, 0.6) is 0 Å². The lowest BCUT2D eigenvalue weighted by Gasteiger charge is -2.10. The van der Waals surface area contributed by atoms with Crippen molar-refractivity contribution < 1.29 is 18.0 Å². The first-order valence-corrected chi connectivity index (χ1v) is 4.95. The molecule has 1 rings (SSSR count). The van der Waals surface area contributed by atoms with E-state index in [0.29, 0.717) is 0 Å². The molecule has 0 aliphatic heterocycles. The van der Waals surface area contributed by atoms with E-state index in [9.17, 15) is 18.0 Å². The van der Waals surface area contributed by atoms with Gasteiger partial charge in [-0.25, -0.2) is 13.2 Å². The van der Waals surface area contributed by atoms with Crippen LogP contribution in [0.4, 0.5) is 13.2 Å². The molecule has 0 fully saturated rings. The molecule has 0 aromatic heterocycles. The van der Waals surface area contributed by atoms with Gasteiger partial charge >= 0.3 is 0 Å². The molecule has 94 valence electrons. The number of nitrogens with zero attached hydrogens (tertiary/aromatic N) is 1. The van der Waals surface area contributed by atoms with Gasteiger partial charge in [-0.3, -0.25) is 4.79 Å². The Hall–Kier alpha value is -1.56. The van der Waals surface area contributed by atoms with Crippen molar-refractivity contribution in [1.29, 1.82) is 0 Å². The topological polar surface area (TPSA) is 32.3 Å². The third kappa shape index (κ3) is 3.74. The second-order valence-corrected chi connectivity index (χ2v) is 3.85. The molecule has 0 radical (unpaired) electrons. The van der Waals surface area contributed by atoms with Crippen molar-refractivity contribution in [3.8, 4) is 0 Å². The van der Waals surface area contributed by atoms with Crippen LogP contribution in [0.3, 0.4) is 0 Å². The molecule has 0 saturated carbocycles. The van der Waals surface area contributed by atoms with Gasteiger partial charge in [0, 0.05) is 12.1 Å². The monoisotopic (exact) mass is 246 g/mol. The van der Waals surface area contributed by atoms with Crippen molar-refractivity contribution in [2.45, 2.75) is 6.54 Å². The molecule has 17 heavy (non-hydrogen) atoms. The van der Waals surface area contributed by atoms with E-state index in [-0.39, 0.29) is 24.6 Å². The fourth-order valence-corrected chi connectivity index (χ4v) is 1.24. The molecule has 1 aromatic carbocycles. The Morgan fingerprint density at radius 2 is 1.88 bits per heavy atom. The Bertz CT molecular complexity index is 421. The minimum Gasteiger partial charge on any atom is -0.351 e. The molecule has 1 aromatic rings. The van der Waals surface area contributed by atoms with Gasteiger partial charge in [0.05, 0.1) is 6.54 Å². The van der Waals surface area contributed by atoms with E-state index in [1.165, 1.54) is 0 Å². The van der Waals surface area contributed by atoms with Gasteiger partial charge in [-0.1, -0.05) is 6.07 Å². The van der Waals surface area contributed by atoms with E-state index in [4.69, 9.17) is 0 Å². The number of amides is 1. The maximum atomic E-state index is 13.2. The van der Waals surface area contributed by atoms with Crippen LogP contribution >= 0.6 is 0 Å². The summed E-state index contributed by atoms with van der Waals surface area (Å²) >= 11 is 0. The smallest absolute Gasteiger partial charge is 0.234 e. The predicted molar refractivity (Wildman–Crippen MR) is 56.7 cm³/mol. The minimum absolute atomic E-state index is 0.0870. The second-order valence-electron chi connectivity index (χ2n) is 3.85. The zero-order valence-electron chi connectivity index (χ0n) is 9.56. The highest BCUT2D eigenvalue weighted by atomic mass is 19.2. The maximum absolute atomic E-state index is 13.2. The van der Waals surface area contributed by atoms with E-state index in [1.807, 2.05) is 0 Å². The second kappa shape index (κ2) is 5.67. The van der Waals surface area contributed by atoms with Crippen LogP contribution in [0.1, 0.15) is 5.56 Å². The van der Waals surface area contributed by atoms with Crippen LogP contribution in [0, 0.1) is 17.5 Å². The van der Waals surface area contributed by atoms with Crippen LogP contribution in [-0.2, 0) is 11.3 Å². The highest BCUT2D eigenvalue weighted by molar-refractivity contribution is 5.77. The molecule has 6 heteroatoms. The summed E-state index contributed by atoms with van der Waals surface area (Å²) in [5.41, 5.74) is -0.0870. The zero-order valence-corrected chi connectivity index (χ0v) is 9.56. The SMILES string of the molecule is CN(C)CC(=O)NCc1ccc(F)c(F)c1F. The summed E-state index contributed by atoms with van der Waals surface area (Å²) in [4.78, 5) is 12.9. The summed E-state index contributed by atoms with van der Waals surface area (Å²) in [6, 6.07) is 1.93. The molecule has 0 unspecified atom stereocenters. The van der Waals surface area contributed by atoms with Gasteiger partial charge in [0.2, 0.25) is 5.91 Å². The summed E-state index contributed by atoms with van der Waals surface area (Å²) in [5.74, 6) is -4.36. The number of likely N-dealkylation sites (N-methyl/N-ethyl adjacent to an activating group) is 1. The number of halogens is 3. The van der Waals surface area contributed by atoms with E-state index in [0.717, 1.165) is 12.1 Å². The molecule has 0 aliphatic rings. The lowest BCUT2D eigenvalue weighted by Crippen LogP contribution is -2.33. The van der Waals surface area contributed by atoms with Crippen molar-refractivity contribution in [1.82, 2.24) is 10.2 Å². The third-order valence-electron chi connectivity index (χ3n) is 2.05. The number of hydrogen-bond acceptors (Lipinski definition) is 2. The first kappa shape index (κ1) is 13.5. The van der Waals surface area contributed by atoms with Crippen LogP contribution < -0.4 is 5.32 Å². The van der Waals surface area contributed by atoms with E-state index >= 15 is 0 Å². The largest absolute Gasteiger partial charge is 0.351 e. The van der Waals surface area contributed by atoms with Crippen molar-refractivity contribution in [3.05, 3.63) is 35.1 Å². The molecule has 1 amide bonds. The molecule has 0 spiro atoms. The van der Waals surface area contributed by atoms with Crippen molar-refractivity contribution in [3.63, 3.8) is 0 Å². The fourth-order valence-electron chi connectivity index (χ4n) is 1.24. The van der Waals surface area contributed by atoms with Crippen molar-refractivity contribution >= 4 is 5.91 Å². The average Bonchev–Trinajstić information content (AvgIpc) is 2.24. The van der Waals surface area contributed by atoms with Gasteiger partial charge in [-0.15, -0.1) is 0 Å². The Morgan fingerprint density at radius 1 is 1.24 bits per heavy atom. The summed E-state index contributed by atoms with van der Waals surface area (Å²) in [6.07, 6.45) is 0. The van der Waals surface area contributed by atoms with Gasteiger partial charge < -0.3 is 10.2 Å². The normalized spacial score (nSPS) is 10.7. The Balaban J connectivity index is 2.64. The minimum atomic E-state index is -1.52. The number of nitrogens with one attached hydrogen (secondary N) is 1. The lowest BCUT2D eigenvalue weighted by atomic mass is 10.2. The van der Waals surface area contributed by atoms with Crippen LogP contribution in [-0.4, -0.2) is 31.4 Å². The average molecular weight is 246 g/mol. The Labute approximate surface area is 97.2 Å². The third-order valence-corrected chi connectivity index (χ3v) is 2.05. The molecular weight excluding hydrogens is 233 g/mol. The molecule has 0 saturated heterocycles. The molecular formula is C11H13F3N2O. The van der Waals surface area contributed by atoms with E-state index in [2.05, 4.69) is 5.32 Å². The van der Waals surface area contributed by atoms with Gasteiger partial charge in [0.25, 0.3) is 0 Å². The van der Waals surface area contributed by atoms with Crippen LogP contribution in [0.2, 0.25) is 0 Å². The van der Waals surface area contributed by atoms with E-state index < -0.39 is 17.5 Å². The lowest BCUT2D eigenvalue weighted by molar-refractivity contribution is -0.121. The first-order chi connectivity index (χ1) is 7.91. The van der Waals surface area contributed by atoms with Gasteiger partial charge in [-0.2, -0.15) is 0 Å².